The van der Waals surface area contributed by atoms with Gasteiger partial charge in [-0.2, -0.15) is 0 Å². The molecule has 148 valence electrons. The fourth-order valence-corrected chi connectivity index (χ4v) is 5.11. The fraction of sp³-hybridized carbons (Fsp3) is 0.294. The molecule has 0 bridgehead atoms. The van der Waals surface area contributed by atoms with Crippen LogP contribution in [0.15, 0.2) is 41.1 Å². The van der Waals surface area contributed by atoms with E-state index in [9.17, 15) is 29.4 Å². The average Bonchev–Trinajstić information content (AvgIpc) is 3.17. The Bertz CT molecular complexity index is 878. The second-order valence-electron chi connectivity index (χ2n) is 5.90. The van der Waals surface area contributed by atoms with Gasteiger partial charge in [-0.3, -0.25) is 19.3 Å². The summed E-state index contributed by atoms with van der Waals surface area (Å²) in [6.45, 7) is 0. The Morgan fingerprint density at radius 2 is 2.14 bits per heavy atom. The third-order valence-electron chi connectivity index (χ3n) is 4.24. The highest BCUT2D eigenvalue weighted by atomic mass is 32.2. The van der Waals surface area contributed by atoms with Gasteiger partial charge in [0.2, 0.25) is 5.91 Å². The molecular formula is C17H16N2O7S2. The lowest BCUT2D eigenvalue weighted by Gasteiger charge is -2.49. The van der Waals surface area contributed by atoms with Crippen LogP contribution in [0, 0.1) is 0 Å². The lowest BCUT2D eigenvalue weighted by Crippen LogP contribution is -2.71. The molecule has 1 aromatic rings. The quantitative estimate of drug-likeness (QED) is 0.333. The molecule has 9 nitrogen and oxygen atoms in total. The Morgan fingerprint density at radius 3 is 2.71 bits per heavy atom. The van der Waals surface area contributed by atoms with Crippen LogP contribution in [0.4, 0.5) is 0 Å². The minimum absolute atomic E-state index is 0.166. The summed E-state index contributed by atoms with van der Waals surface area (Å²) in [5, 5.41) is 22.4. The van der Waals surface area contributed by atoms with E-state index >= 15 is 0 Å². The number of carboxylic acid groups (broad SMARTS) is 2. The summed E-state index contributed by atoms with van der Waals surface area (Å²) in [6.07, 6.45) is 2.80. The first kappa shape index (κ1) is 20.0. The lowest BCUT2D eigenvalue weighted by molar-refractivity contribution is -0.152. The number of hydrogen-bond acceptors (Lipinski definition) is 7. The number of ether oxygens (including phenoxy) is 1. The molecule has 0 radical (unpaired) electrons. The normalized spacial score (nSPS) is 22.5. The van der Waals surface area contributed by atoms with Crippen LogP contribution in [0.25, 0.3) is 0 Å². The Balaban J connectivity index is 1.79. The Hall–Kier alpha value is -2.79. The molecular weight excluding hydrogens is 408 g/mol. The van der Waals surface area contributed by atoms with E-state index in [2.05, 4.69) is 5.32 Å². The van der Waals surface area contributed by atoms with E-state index in [-0.39, 0.29) is 5.70 Å². The lowest BCUT2D eigenvalue weighted by atomic mass is 10.0. The summed E-state index contributed by atoms with van der Waals surface area (Å²) >= 11 is 2.41. The molecule has 0 aliphatic carbocycles. The molecule has 1 saturated heterocycles. The van der Waals surface area contributed by atoms with Crippen LogP contribution in [0.2, 0.25) is 0 Å². The molecule has 3 N–H and O–H groups in total. The number of thiophene rings is 1. The van der Waals surface area contributed by atoms with Gasteiger partial charge in [0.1, 0.15) is 17.1 Å². The van der Waals surface area contributed by atoms with Crippen LogP contribution in [-0.4, -0.2) is 63.1 Å². The molecule has 3 atom stereocenters. The first-order chi connectivity index (χ1) is 13.4. The van der Waals surface area contributed by atoms with Crippen molar-refractivity contribution in [2.45, 2.75) is 17.3 Å². The monoisotopic (exact) mass is 424 g/mol. The molecule has 2 aliphatic heterocycles. The van der Waals surface area contributed by atoms with Crippen molar-refractivity contribution in [2.75, 3.05) is 12.9 Å². The van der Waals surface area contributed by atoms with E-state index in [0.717, 1.165) is 16.2 Å². The predicted octanol–water partition coefficient (Wildman–Crippen LogP) is 0.815. The number of nitrogens with one attached hydrogen (secondary N) is 1. The van der Waals surface area contributed by atoms with Crippen LogP contribution < -0.4 is 5.32 Å². The van der Waals surface area contributed by atoms with Crippen LogP contribution >= 0.6 is 23.1 Å². The number of thioether (sulfide) groups is 1. The van der Waals surface area contributed by atoms with Crippen molar-refractivity contribution in [3.05, 3.63) is 46.0 Å². The summed E-state index contributed by atoms with van der Waals surface area (Å²) in [4.78, 5) is 49.7. The second kappa shape index (κ2) is 8.07. The molecule has 11 heteroatoms. The molecule has 1 fully saturated rings. The van der Waals surface area contributed by atoms with Crippen LogP contribution in [0.1, 0.15) is 10.8 Å². The second-order valence-corrected chi connectivity index (χ2v) is 7.98. The Labute approximate surface area is 167 Å². The van der Waals surface area contributed by atoms with Gasteiger partial charge in [-0.05, 0) is 23.1 Å². The van der Waals surface area contributed by atoms with E-state index < -0.39 is 41.1 Å². The number of methoxy groups -OCH3 is 1. The van der Waals surface area contributed by atoms with Crippen molar-refractivity contribution in [3.8, 4) is 0 Å². The summed E-state index contributed by atoms with van der Waals surface area (Å²) in [7, 11) is 1.42. The molecule has 0 saturated carbocycles. The minimum atomic E-state index is -1.43. The third-order valence-corrected chi connectivity index (χ3v) is 6.48. The first-order valence-corrected chi connectivity index (χ1v) is 9.96. The number of hydrogen-bond donors (Lipinski definition) is 3. The molecule has 2 amide bonds. The number of nitrogens with zero attached hydrogens (tertiary/aromatic N) is 1. The maximum atomic E-state index is 12.5. The molecule has 3 heterocycles. The molecule has 28 heavy (non-hydrogen) atoms. The molecule has 3 rings (SSSR count). The zero-order valence-corrected chi connectivity index (χ0v) is 16.2. The van der Waals surface area contributed by atoms with E-state index in [4.69, 9.17) is 4.74 Å². The number of allylic oxidation sites excluding steroid dienone is 1. The van der Waals surface area contributed by atoms with E-state index in [0.29, 0.717) is 16.2 Å². The molecule has 2 aliphatic rings. The van der Waals surface area contributed by atoms with Gasteiger partial charge in [0.25, 0.3) is 5.91 Å². The highest BCUT2D eigenvalue weighted by molar-refractivity contribution is 8.00. The highest BCUT2D eigenvalue weighted by Crippen LogP contribution is 2.41. The number of β-lactam (4-membered cyclic amide) rings is 1. The number of carbonyl (C=O) groups excluding carboxylic acids is 2. The van der Waals surface area contributed by atoms with E-state index in [1.165, 1.54) is 37.3 Å². The predicted molar refractivity (Wildman–Crippen MR) is 101 cm³/mol. The Kier molecular flexibility index (Phi) is 5.75. The third kappa shape index (κ3) is 3.50. The summed E-state index contributed by atoms with van der Waals surface area (Å²) in [5.74, 6) is -5.11. The maximum Gasteiger partial charge on any atom is 0.352 e. The smallest absolute Gasteiger partial charge is 0.352 e. The van der Waals surface area contributed by atoms with Crippen molar-refractivity contribution in [3.63, 3.8) is 0 Å². The van der Waals surface area contributed by atoms with Gasteiger partial charge in [-0.25, -0.2) is 4.79 Å². The van der Waals surface area contributed by atoms with Gasteiger partial charge in [0.15, 0.2) is 5.92 Å². The summed E-state index contributed by atoms with van der Waals surface area (Å²) < 4.78 is 4.81. The van der Waals surface area contributed by atoms with Crippen LogP contribution in [-0.2, 0) is 23.9 Å². The SMILES string of the molecule is COC=CC1=C(C(=O)O)N2C(=O)C(NC(=O)C(C(=O)O)c3cccs3)[C@@H]2SC1. The number of fused-ring (bicyclic) bond motifs is 1. The first-order valence-electron chi connectivity index (χ1n) is 8.03. The van der Waals surface area contributed by atoms with Gasteiger partial charge >= 0.3 is 11.9 Å². The highest BCUT2D eigenvalue weighted by Gasteiger charge is 2.54. The standard InChI is InChI=1S/C17H16N2O7S2/c1-26-5-4-8-7-28-15-11(14(21)19(15)12(8)17(24)25)18-13(20)10(16(22)23)9-3-2-6-27-9/h2-6,10-11,15H,7H2,1H3,(H,18,20)(H,22,23)(H,24,25)/t10?,11?,15-/m0/s1. The maximum absolute atomic E-state index is 12.5. The van der Waals surface area contributed by atoms with Gasteiger partial charge in [0.05, 0.1) is 13.4 Å². The fourth-order valence-electron chi connectivity index (χ4n) is 2.98. The van der Waals surface area contributed by atoms with Gasteiger partial charge < -0.3 is 20.3 Å². The van der Waals surface area contributed by atoms with Gasteiger partial charge in [-0.1, -0.05) is 6.07 Å². The van der Waals surface area contributed by atoms with Crippen LogP contribution in [0.5, 0.6) is 0 Å². The zero-order chi connectivity index (χ0) is 20.4. The summed E-state index contributed by atoms with van der Waals surface area (Å²) in [6, 6.07) is 2.18. The van der Waals surface area contributed by atoms with Crippen molar-refractivity contribution in [2.24, 2.45) is 0 Å². The van der Waals surface area contributed by atoms with Crippen molar-refractivity contribution in [1.82, 2.24) is 10.2 Å². The summed E-state index contributed by atoms with van der Waals surface area (Å²) in [5.41, 5.74) is 0.247. The van der Waals surface area contributed by atoms with Crippen molar-refractivity contribution in [1.29, 1.82) is 0 Å². The topological polar surface area (TPSA) is 133 Å². The molecule has 2 unspecified atom stereocenters. The number of amides is 2. The number of rotatable bonds is 7. The molecule has 0 spiro atoms. The zero-order valence-electron chi connectivity index (χ0n) is 14.5. The number of aliphatic carboxylic acids is 2. The molecule has 0 aromatic carbocycles. The molecule has 1 aromatic heterocycles. The van der Waals surface area contributed by atoms with Crippen LogP contribution in [0.3, 0.4) is 0 Å². The average molecular weight is 424 g/mol. The number of carbonyl (C=O) groups is 4. The van der Waals surface area contributed by atoms with E-state index in [1.54, 1.807) is 11.4 Å². The van der Waals surface area contributed by atoms with Crippen molar-refractivity contribution >= 4 is 46.9 Å². The van der Waals surface area contributed by atoms with Gasteiger partial charge in [-0.15, -0.1) is 23.1 Å². The minimum Gasteiger partial charge on any atom is -0.504 e. The number of carboxylic acids is 2. The largest absolute Gasteiger partial charge is 0.504 e. The van der Waals surface area contributed by atoms with Crippen molar-refractivity contribution < 1.29 is 34.1 Å². The van der Waals surface area contributed by atoms with E-state index in [1.807, 2.05) is 0 Å². The Morgan fingerprint density at radius 1 is 1.39 bits per heavy atom. The van der Waals surface area contributed by atoms with Gasteiger partial charge in [0, 0.05) is 10.6 Å².